The Morgan fingerprint density at radius 3 is 2.38 bits per heavy atom. The van der Waals surface area contributed by atoms with Gasteiger partial charge in [-0.1, -0.05) is 66.7 Å². The Morgan fingerprint density at radius 2 is 1.62 bits per heavy atom. The molecule has 3 aromatic carbocycles. The number of benzene rings is 3. The van der Waals surface area contributed by atoms with Crippen molar-refractivity contribution < 1.29 is 9.53 Å². The summed E-state index contributed by atoms with van der Waals surface area (Å²) in [6.45, 7) is 2.23. The molecule has 0 saturated heterocycles. The predicted molar refractivity (Wildman–Crippen MR) is 127 cm³/mol. The number of rotatable bonds is 7. The monoisotopic (exact) mass is 421 g/mol. The van der Waals surface area contributed by atoms with Crippen molar-refractivity contribution in [3.05, 3.63) is 120 Å². The van der Waals surface area contributed by atoms with E-state index in [9.17, 15) is 4.79 Å². The fourth-order valence-electron chi connectivity index (χ4n) is 3.20. The molecule has 0 atom stereocenters. The van der Waals surface area contributed by atoms with Gasteiger partial charge in [-0.2, -0.15) is 5.10 Å². The lowest BCUT2D eigenvalue weighted by Gasteiger charge is -2.12. The number of aromatic nitrogens is 1. The summed E-state index contributed by atoms with van der Waals surface area (Å²) in [5.74, 6) is 0.552. The van der Waals surface area contributed by atoms with Crippen LogP contribution in [0.3, 0.4) is 0 Å². The van der Waals surface area contributed by atoms with Crippen molar-refractivity contribution in [1.29, 1.82) is 0 Å². The van der Waals surface area contributed by atoms with Crippen molar-refractivity contribution in [3.63, 3.8) is 0 Å². The maximum Gasteiger partial charge on any atom is 0.271 e. The van der Waals surface area contributed by atoms with E-state index in [1.165, 1.54) is 0 Å². The molecule has 0 saturated carbocycles. The second-order valence-corrected chi connectivity index (χ2v) is 7.23. The summed E-state index contributed by atoms with van der Waals surface area (Å²) in [6.07, 6.45) is 3.40. The van der Waals surface area contributed by atoms with E-state index in [0.717, 1.165) is 28.0 Å². The van der Waals surface area contributed by atoms with Gasteiger partial charge in [0.2, 0.25) is 0 Å². The van der Waals surface area contributed by atoms with Crippen LogP contribution in [0.4, 0.5) is 0 Å². The van der Waals surface area contributed by atoms with Crippen LogP contribution >= 0.6 is 0 Å². The van der Waals surface area contributed by atoms with Crippen LogP contribution in [-0.4, -0.2) is 16.6 Å². The van der Waals surface area contributed by atoms with Gasteiger partial charge in [0.05, 0.1) is 5.71 Å². The van der Waals surface area contributed by atoms with Crippen LogP contribution in [0.1, 0.15) is 28.4 Å². The number of amides is 1. The van der Waals surface area contributed by atoms with Crippen molar-refractivity contribution in [2.24, 2.45) is 5.10 Å². The second-order valence-electron chi connectivity index (χ2n) is 7.23. The van der Waals surface area contributed by atoms with Gasteiger partial charge in [0, 0.05) is 29.1 Å². The van der Waals surface area contributed by atoms with E-state index in [1.807, 2.05) is 73.7 Å². The molecule has 32 heavy (non-hydrogen) atoms. The summed E-state index contributed by atoms with van der Waals surface area (Å²) in [5.41, 5.74) is 7.79. The van der Waals surface area contributed by atoms with E-state index in [1.54, 1.807) is 24.5 Å². The highest BCUT2D eigenvalue weighted by atomic mass is 16.5. The SMILES string of the molecule is C/C(=N/NC(=O)c1ccc(COc2ccccc2-c2ccccc2)cc1)c1cccnc1. The number of para-hydroxylation sites is 1. The number of ether oxygens (including phenoxy) is 1. The fourth-order valence-corrected chi connectivity index (χ4v) is 3.20. The average molecular weight is 422 g/mol. The van der Waals surface area contributed by atoms with E-state index in [4.69, 9.17) is 4.74 Å². The first-order valence-corrected chi connectivity index (χ1v) is 10.3. The Labute approximate surface area is 187 Å². The minimum atomic E-state index is -0.268. The van der Waals surface area contributed by atoms with Gasteiger partial charge in [0.1, 0.15) is 12.4 Å². The first-order valence-electron chi connectivity index (χ1n) is 10.3. The zero-order valence-corrected chi connectivity index (χ0v) is 17.7. The molecule has 0 radical (unpaired) electrons. The third-order valence-electron chi connectivity index (χ3n) is 4.99. The molecule has 0 unspecified atom stereocenters. The molecule has 1 aromatic heterocycles. The molecule has 0 spiro atoms. The van der Waals surface area contributed by atoms with Gasteiger partial charge in [-0.15, -0.1) is 0 Å². The number of pyridine rings is 1. The maximum absolute atomic E-state index is 12.4. The van der Waals surface area contributed by atoms with Crippen LogP contribution in [0.25, 0.3) is 11.1 Å². The normalized spacial score (nSPS) is 11.1. The highest BCUT2D eigenvalue weighted by Gasteiger charge is 2.08. The lowest BCUT2D eigenvalue weighted by atomic mass is 10.0. The Morgan fingerprint density at radius 1 is 0.875 bits per heavy atom. The number of carbonyl (C=O) groups excluding carboxylic acids is 1. The van der Waals surface area contributed by atoms with E-state index in [0.29, 0.717) is 17.9 Å². The van der Waals surface area contributed by atoms with Crippen molar-refractivity contribution >= 4 is 11.6 Å². The molecule has 0 bridgehead atoms. The standard InChI is InChI=1S/C27H23N3O2/c1-20(24-10-7-17-28-18-24)29-30-27(31)23-15-13-21(14-16-23)19-32-26-12-6-5-11-25(26)22-8-3-2-4-9-22/h2-18H,19H2,1H3,(H,30,31)/b29-20-. The van der Waals surface area contributed by atoms with Gasteiger partial charge in [-0.05, 0) is 42.3 Å². The van der Waals surface area contributed by atoms with Crippen LogP contribution < -0.4 is 10.2 Å². The van der Waals surface area contributed by atoms with Crippen LogP contribution in [0.2, 0.25) is 0 Å². The summed E-state index contributed by atoms with van der Waals surface area (Å²) in [5, 5.41) is 4.16. The summed E-state index contributed by atoms with van der Waals surface area (Å²) in [7, 11) is 0. The molecule has 0 fully saturated rings. The summed E-state index contributed by atoms with van der Waals surface area (Å²) < 4.78 is 6.08. The largest absolute Gasteiger partial charge is 0.488 e. The average Bonchev–Trinajstić information content (AvgIpc) is 2.87. The van der Waals surface area contributed by atoms with E-state index in [2.05, 4.69) is 27.6 Å². The van der Waals surface area contributed by atoms with Gasteiger partial charge in [-0.25, -0.2) is 5.43 Å². The molecule has 0 aliphatic carbocycles. The van der Waals surface area contributed by atoms with Gasteiger partial charge >= 0.3 is 0 Å². The Kier molecular flexibility index (Phi) is 6.68. The van der Waals surface area contributed by atoms with Crippen LogP contribution in [-0.2, 0) is 6.61 Å². The molecule has 4 rings (SSSR count). The molecule has 0 aliphatic rings. The Hall–Kier alpha value is -4.25. The maximum atomic E-state index is 12.4. The van der Waals surface area contributed by atoms with Gasteiger partial charge in [0.25, 0.3) is 5.91 Å². The van der Waals surface area contributed by atoms with Gasteiger partial charge < -0.3 is 4.74 Å². The lowest BCUT2D eigenvalue weighted by Crippen LogP contribution is -2.19. The number of nitrogens with one attached hydrogen (secondary N) is 1. The Bertz CT molecular complexity index is 1200. The molecule has 0 aliphatic heterocycles. The summed E-state index contributed by atoms with van der Waals surface area (Å²) >= 11 is 0. The van der Waals surface area contributed by atoms with Crippen molar-refractivity contribution in [3.8, 4) is 16.9 Å². The third-order valence-corrected chi connectivity index (χ3v) is 4.99. The minimum absolute atomic E-state index is 0.268. The summed E-state index contributed by atoms with van der Waals surface area (Å²) in [4.78, 5) is 16.5. The van der Waals surface area contributed by atoms with E-state index in [-0.39, 0.29) is 5.91 Å². The zero-order chi connectivity index (χ0) is 22.2. The molecule has 5 nitrogen and oxygen atoms in total. The predicted octanol–water partition coefficient (Wildman–Crippen LogP) is 5.48. The first kappa shape index (κ1) is 21.0. The molecule has 1 amide bonds. The molecule has 158 valence electrons. The summed E-state index contributed by atoms with van der Waals surface area (Å²) in [6, 6.07) is 29.2. The molecular formula is C27H23N3O2. The minimum Gasteiger partial charge on any atom is -0.488 e. The van der Waals surface area contributed by atoms with Gasteiger partial charge in [0.15, 0.2) is 0 Å². The fraction of sp³-hybridized carbons (Fsp3) is 0.0741. The van der Waals surface area contributed by atoms with E-state index >= 15 is 0 Å². The van der Waals surface area contributed by atoms with Crippen LogP contribution in [0.5, 0.6) is 5.75 Å². The third kappa shape index (κ3) is 5.26. The number of hydrogen-bond donors (Lipinski definition) is 1. The molecule has 1 N–H and O–H groups in total. The van der Waals surface area contributed by atoms with Gasteiger partial charge in [-0.3, -0.25) is 9.78 Å². The molecule has 1 heterocycles. The number of nitrogens with zero attached hydrogens (tertiary/aromatic N) is 2. The molecular weight excluding hydrogens is 398 g/mol. The highest BCUT2D eigenvalue weighted by Crippen LogP contribution is 2.30. The lowest BCUT2D eigenvalue weighted by molar-refractivity contribution is 0.0955. The quantitative estimate of drug-likeness (QED) is 0.317. The topological polar surface area (TPSA) is 63.6 Å². The number of hydrogen-bond acceptors (Lipinski definition) is 4. The zero-order valence-electron chi connectivity index (χ0n) is 17.7. The van der Waals surface area contributed by atoms with Crippen molar-refractivity contribution in [1.82, 2.24) is 10.4 Å². The van der Waals surface area contributed by atoms with Crippen LogP contribution in [0.15, 0.2) is 108 Å². The van der Waals surface area contributed by atoms with Crippen molar-refractivity contribution in [2.45, 2.75) is 13.5 Å². The first-order chi connectivity index (χ1) is 15.7. The van der Waals surface area contributed by atoms with E-state index < -0.39 is 0 Å². The molecule has 5 heteroatoms. The van der Waals surface area contributed by atoms with Crippen LogP contribution in [0, 0.1) is 0 Å². The van der Waals surface area contributed by atoms with Crippen molar-refractivity contribution in [2.75, 3.05) is 0 Å². The number of carbonyl (C=O) groups is 1. The Balaban J connectivity index is 1.38. The molecule has 4 aromatic rings. The smallest absolute Gasteiger partial charge is 0.271 e. The highest BCUT2D eigenvalue weighted by molar-refractivity contribution is 6.00. The second kappa shape index (κ2) is 10.2. The number of hydrazone groups is 1.